The normalized spacial score (nSPS) is 12.3. The Morgan fingerprint density at radius 3 is 1.53 bits per heavy atom. The quantitative estimate of drug-likeness (QED) is 0.164. The van der Waals surface area contributed by atoms with E-state index in [9.17, 15) is 34.2 Å². The Morgan fingerprint density at radius 2 is 1.12 bits per heavy atom. The first-order chi connectivity index (χ1) is 14.6. The number of hydrogen-bond acceptors (Lipinski definition) is 5. The predicted molar refractivity (Wildman–Crippen MR) is 118 cm³/mol. The molecule has 10 nitrogen and oxygen atoms in total. The van der Waals surface area contributed by atoms with Crippen molar-refractivity contribution in [1.82, 2.24) is 4.90 Å². The average Bonchev–Trinajstić information content (AvgIpc) is 2.67. The second kappa shape index (κ2) is 18.9. The molecule has 0 aliphatic rings. The summed E-state index contributed by atoms with van der Waals surface area (Å²) in [5, 5.41) is 36.7. The topological polar surface area (TPSA) is 170 Å². The molecule has 0 saturated carbocycles. The monoisotopic (exact) mass is 469 g/mol. The first-order valence-electron chi connectivity index (χ1n) is 10.8. The molecule has 0 radical (unpaired) electrons. The first-order valence-corrected chi connectivity index (χ1v) is 10.8. The van der Waals surface area contributed by atoms with Gasteiger partial charge in [-0.05, 0) is 12.8 Å². The minimum absolute atomic E-state index is 0. The molecule has 0 bridgehead atoms. The molecule has 0 saturated heterocycles. The second-order valence-electron chi connectivity index (χ2n) is 7.62. The molecule has 180 valence electrons. The molecular weight excluding hydrogens is 433 g/mol. The van der Waals surface area contributed by atoms with Crippen molar-refractivity contribution in [3.63, 3.8) is 0 Å². The van der Waals surface area contributed by atoms with Gasteiger partial charge in [0.05, 0.1) is 6.42 Å². The number of carboxylic acids is 4. The molecule has 11 heteroatoms. The SMILES string of the molecule is CCCCCCCCCCCC(=O)N(C(CC(=O)O)C(=O)O)[C@@H](CCC(=O)O)C(=O)O.[NaH]. The maximum absolute atomic E-state index is 12.7. The van der Waals surface area contributed by atoms with Crippen molar-refractivity contribution in [2.75, 3.05) is 0 Å². The van der Waals surface area contributed by atoms with E-state index >= 15 is 0 Å². The van der Waals surface area contributed by atoms with Crippen LogP contribution < -0.4 is 0 Å². The molecule has 0 aromatic carbocycles. The molecule has 0 heterocycles. The molecule has 0 rings (SSSR count). The molecule has 0 spiro atoms. The fraction of sp³-hybridized carbons (Fsp3) is 0.762. The van der Waals surface area contributed by atoms with E-state index in [0.29, 0.717) is 17.7 Å². The van der Waals surface area contributed by atoms with E-state index in [0.717, 1.165) is 25.7 Å². The number of nitrogens with zero attached hydrogens (tertiary/aromatic N) is 1. The molecule has 0 aliphatic carbocycles. The minimum atomic E-state index is -1.89. The van der Waals surface area contributed by atoms with Crippen molar-refractivity contribution in [2.45, 2.75) is 102 Å². The number of carbonyl (C=O) groups excluding carboxylic acids is 1. The molecule has 1 unspecified atom stereocenters. The van der Waals surface area contributed by atoms with Crippen LogP contribution in [0.1, 0.15) is 90.4 Å². The molecule has 2 atom stereocenters. The van der Waals surface area contributed by atoms with E-state index in [-0.39, 0.29) is 36.0 Å². The van der Waals surface area contributed by atoms with Gasteiger partial charge in [-0.3, -0.25) is 14.4 Å². The van der Waals surface area contributed by atoms with Gasteiger partial charge in [0, 0.05) is 12.8 Å². The van der Waals surface area contributed by atoms with E-state index < -0.39 is 61.1 Å². The maximum atomic E-state index is 12.7. The Labute approximate surface area is 210 Å². The van der Waals surface area contributed by atoms with Crippen LogP contribution in [0, 0.1) is 0 Å². The van der Waals surface area contributed by atoms with Crippen LogP contribution in [0.25, 0.3) is 0 Å². The van der Waals surface area contributed by atoms with Crippen LogP contribution in [0.2, 0.25) is 0 Å². The summed E-state index contributed by atoms with van der Waals surface area (Å²) in [6.45, 7) is 2.14. The summed E-state index contributed by atoms with van der Waals surface area (Å²) in [7, 11) is 0. The molecule has 0 aromatic heterocycles. The van der Waals surface area contributed by atoms with Crippen molar-refractivity contribution in [3.8, 4) is 0 Å². The number of carbonyl (C=O) groups is 5. The molecule has 0 aromatic rings. The summed E-state index contributed by atoms with van der Waals surface area (Å²) < 4.78 is 0. The van der Waals surface area contributed by atoms with Crippen molar-refractivity contribution in [1.29, 1.82) is 0 Å². The Bertz CT molecular complexity index is 612. The van der Waals surface area contributed by atoms with Gasteiger partial charge in [-0.15, -0.1) is 0 Å². The Kier molecular flexibility index (Phi) is 19.2. The summed E-state index contributed by atoms with van der Waals surface area (Å²) in [5.74, 6) is -6.82. The fourth-order valence-electron chi connectivity index (χ4n) is 3.39. The molecular formula is C21H36NNaO9. The van der Waals surface area contributed by atoms with Crippen LogP contribution in [0.5, 0.6) is 0 Å². The second-order valence-corrected chi connectivity index (χ2v) is 7.62. The van der Waals surface area contributed by atoms with E-state index in [2.05, 4.69) is 6.92 Å². The molecule has 0 fully saturated rings. The molecule has 4 N–H and O–H groups in total. The van der Waals surface area contributed by atoms with Gasteiger partial charge >= 0.3 is 53.4 Å². The number of carboxylic acid groups (broad SMARTS) is 4. The zero-order valence-corrected chi connectivity index (χ0v) is 18.1. The van der Waals surface area contributed by atoms with Crippen molar-refractivity contribution >= 4 is 59.3 Å². The van der Waals surface area contributed by atoms with Gasteiger partial charge < -0.3 is 25.3 Å². The van der Waals surface area contributed by atoms with Crippen LogP contribution in [0.15, 0.2) is 0 Å². The van der Waals surface area contributed by atoms with Crippen LogP contribution in [0.3, 0.4) is 0 Å². The van der Waals surface area contributed by atoms with Crippen molar-refractivity contribution < 1.29 is 44.4 Å². The summed E-state index contributed by atoms with van der Waals surface area (Å²) >= 11 is 0. The van der Waals surface area contributed by atoms with Gasteiger partial charge in [0.25, 0.3) is 0 Å². The summed E-state index contributed by atoms with van der Waals surface area (Å²) in [6, 6.07) is -3.62. The third-order valence-corrected chi connectivity index (χ3v) is 5.02. The zero-order chi connectivity index (χ0) is 23.8. The van der Waals surface area contributed by atoms with Gasteiger partial charge in [-0.1, -0.05) is 58.3 Å². The number of amides is 1. The number of hydrogen-bond donors (Lipinski definition) is 4. The first kappa shape index (κ1) is 32.5. The molecule has 0 aliphatic heterocycles. The van der Waals surface area contributed by atoms with Crippen LogP contribution in [-0.2, 0) is 24.0 Å². The number of unbranched alkanes of at least 4 members (excludes halogenated alkanes) is 8. The summed E-state index contributed by atoms with van der Waals surface area (Å²) in [4.78, 5) is 58.5. The Hall–Kier alpha value is -1.65. The van der Waals surface area contributed by atoms with Gasteiger partial charge in [-0.25, -0.2) is 9.59 Å². The Morgan fingerprint density at radius 1 is 0.656 bits per heavy atom. The van der Waals surface area contributed by atoms with Crippen LogP contribution in [-0.4, -0.2) is 96.8 Å². The third-order valence-electron chi connectivity index (χ3n) is 5.02. The van der Waals surface area contributed by atoms with Crippen LogP contribution in [0.4, 0.5) is 0 Å². The van der Waals surface area contributed by atoms with E-state index in [1.807, 2.05) is 0 Å². The summed E-state index contributed by atoms with van der Waals surface area (Å²) in [6.07, 6.45) is 6.60. The number of rotatable bonds is 19. The molecule has 1 amide bonds. The zero-order valence-electron chi connectivity index (χ0n) is 18.1. The fourth-order valence-corrected chi connectivity index (χ4v) is 3.39. The summed E-state index contributed by atoms with van der Waals surface area (Å²) in [5.41, 5.74) is 0. The van der Waals surface area contributed by atoms with Gasteiger partial charge in [0.1, 0.15) is 12.1 Å². The standard InChI is InChI=1S/C21H35NO9.Na.H/c1-2-3-4-5-6-7-8-9-10-11-17(23)22(16(21(30)31)14-19(26)27)15(20(28)29)12-13-18(24)25;;/h15-16H,2-14H2,1H3,(H,24,25)(H,26,27)(H,28,29)(H,30,31);;/t15-,16?;;/m0../s1. The third kappa shape index (κ3) is 14.4. The molecule has 32 heavy (non-hydrogen) atoms. The van der Waals surface area contributed by atoms with Gasteiger partial charge in [0.2, 0.25) is 5.91 Å². The Balaban J connectivity index is 0. The van der Waals surface area contributed by atoms with Crippen molar-refractivity contribution in [2.24, 2.45) is 0 Å². The van der Waals surface area contributed by atoms with E-state index in [1.165, 1.54) is 19.3 Å². The van der Waals surface area contributed by atoms with Gasteiger partial charge in [0.15, 0.2) is 0 Å². The van der Waals surface area contributed by atoms with Crippen molar-refractivity contribution in [3.05, 3.63) is 0 Å². The average molecular weight is 470 g/mol. The number of aliphatic carboxylic acids is 4. The predicted octanol–water partition coefficient (Wildman–Crippen LogP) is 2.33. The van der Waals surface area contributed by atoms with Crippen LogP contribution >= 0.6 is 0 Å². The van der Waals surface area contributed by atoms with E-state index in [4.69, 9.17) is 10.2 Å². The van der Waals surface area contributed by atoms with Gasteiger partial charge in [-0.2, -0.15) is 0 Å². The van der Waals surface area contributed by atoms with E-state index in [1.54, 1.807) is 0 Å².